The molecule has 0 saturated carbocycles. The van der Waals surface area contributed by atoms with Crippen LogP contribution in [0.25, 0.3) is 0 Å². The van der Waals surface area contributed by atoms with Crippen molar-refractivity contribution in [2.75, 3.05) is 19.8 Å². The summed E-state index contributed by atoms with van der Waals surface area (Å²) in [5, 5.41) is 14.6. The van der Waals surface area contributed by atoms with Gasteiger partial charge in [0.25, 0.3) is 0 Å². The molecule has 0 bridgehead atoms. The number of rotatable bonds is 13. The lowest BCUT2D eigenvalue weighted by atomic mass is 10.0. The monoisotopic (exact) mass is 566 g/mol. The summed E-state index contributed by atoms with van der Waals surface area (Å²) in [6, 6.07) is 12.8. The molecule has 0 spiro atoms. The van der Waals surface area contributed by atoms with Gasteiger partial charge in [0.2, 0.25) is 29.5 Å². The van der Waals surface area contributed by atoms with Crippen LogP contribution in [0.4, 0.5) is 0 Å². The third-order valence-corrected chi connectivity index (χ3v) is 6.79. The van der Waals surface area contributed by atoms with Crippen molar-refractivity contribution < 1.29 is 29.1 Å². The fourth-order valence-corrected chi connectivity index (χ4v) is 4.57. The van der Waals surface area contributed by atoms with E-state index in [4.69, 9.17) is 11.5 Å². The van der Waals surface area contributed by atoms with Crippen LogP contribution in [0.15, 0.2) is 54.6 Å². The van der Waals surface area contributed by atoms with Crippen molar-refractivity contribution in [3.05, 3.63) is 65.7 Å². The second-order valence-electron chi connectivity index (χ2n) is 10.6. The fourth-order valence-electron chi connectivity index (χ4n) is 4.57. The van der Waals surface area contributed by atoms with Gasteiger partial charge in [-0.3, -0.25) is 33.8 Å². The molecule has 1 aliphatic rings. The van der Waals surface area contributed by atoms with E-state index in [0.717, 1.165) is 16.0 Å². The normalized spacial score (nSPS) is 15.8. The number of phenolic OH excluding ortho intramolecular Hbond substituents is 1. The van der Waals surface area contributed by atoms with Crippen LogP contribution in [0.3, 0.4) is 0 Å². The van der Waals surface area contributed by atoms with Crippen molar-refractivity contribution in [2.24, 2.45) is 17.4 Å². The average Bonchev–Trinajstić information content (AvgIpc) is 3.32. The van der Waals surface area contributed by atoms with Crippen LogP contribution in [0.1, 0.15) is 31.4 Å². The van der Waals surface area contributed by atoms with Gasteiger partial charge in [0.15, 0.2) is 0 Å². The van der Waals surface area contributed by atoms with Gasteiger partial charge in [-0.05, 0) is 48.4 Å². The first kappa shape index (κ1) is 31.2. The standard InChI is InChI=1S/C29H38N6O6/c1-18(2)12-23(27(31)39)33-29(41)24(14-19-6-4-3-5-7-19)34-16-26(38)35(17-34)25(37)15-32-28(40)22(30)13-20-8-10-21(36)11-9-20/h3-11,18,22-24,36H,12-17,30H2,1-2H3,(H2,31,39)(H,32,40)(H,33,41)/t22-,23-,24-/m0/s1. The topological polar surface area (TPSA) is 188 Å². The van der Waals surface area contributed by atoms with Gasteiger partial charge in [0.05, 0.1) is 31.8 Å². The van der Waals surface area contributed by atoms with Crippen LogP contribution in [-0.2, 0) is 36.8 Å². The number of amides is 5. The van der Waals surface area contributed by atoms with Gasteiger partial charge in [-0.15, -0.1) is 0 Å². The van der Waals surface area contributed by atoms with E-state index in [1.165, 1.54) is 12.1 Å². The van der Waals surface area contributed by atoms with Gasteiger partial charge >= 0.3 is 0 Å². The Bertz CT molecular complexity index is 1240. The molecule has 41 heavy (non-hydrogen) atoms. The zero-order chi connectivity index (χ0) is 30.1. The van der Waals surface area contributed by atoms with E-state index < -0.39 is 54.2 Å². The van der Waals surface area contributed by atoms with Gasteiger partial charge < -0.3 is 27.2 Å². The van der Waals surface area contributed by atoms with Gasteiger partial charge in [0.1, 0.15) is 11.8 Å². The Morgan fingerprint density at radius 2 is 1.59 bits per heavy atom. The molecule has 3 atom stereocenters. The van der Waals surface area contributed by atoms with E-state index >= 15 is 0 Å². The molecule has 0 aliphatic carbocycles. The molecule has 0 radical (unpaired) electrons. The molecule has 12 heteroatoms. The molecule has 12 nitrogen and oxygen atoms in total. The van der Waals surface area contributed by atoms with Gasteiger partial charge in [-0.1, -0.05) is 56.3 Å². The van der Waals surface area contributed by atoms with Crippen molar-refractivity contribution in [3.63, 3.8) is 0 Å². The van der Waals surface area contributed by atoms with Crippen molar-refractivity contribution in [2.45, 2.75) is 51.2 Å². The van der Waals surface area contributed by atoms with Crippen molar-refractivity contribution >= 4 is 29.5 Å². The lowest BCUT2D eigenvalue weighted by Gasteiger charge is -2.28. The number of hydrogen-bond acceptors (Lipinski definition) is 8. The first-order valence-corrected chi connectivity index (χ1v) is 13.5. The quantitative estimate of drug-likeness (QED) is 0.217. The molecule has 1 saturated heterocycles. The van der Waals surface area contributed by atoms with Crippen LogP contribution in [-0.4, -0.2) is 82.3 Å². The first-order valence-electron chi connectivity index (χ1n) is 13.5. The largest absolute Gasteiger partial charge is 0.508 e. The number of nitrogens with one attached hydrogen (secondary N) is 2. The molecular formula is C29H38N6O6. The summed E-state index contributed by atoms with van der Waals surface area (Å²) in [4.78, 5) is 66.1. The van der Waals surface area contributed by atoms with E-state index in [2.05, 4.69) is 10.6 Å². The predicted octanol–water partition coefficient (Wildman–Crippen LogP) is -0.366. The highest BCUT2D eigenvalue weighted by Gasteiger charge is 2.39. The van der Waals surface area contributed by atoms with Crippen LogP contribution in [0, 0.1) is 5.92 Å². The maximum absolute atomic E-state index is 13.4. The fraction of sp³-hybridized carbons (Fsp3) is 0.414. The van der Waals surface area contributed by atoms with Crippen molar-refractivity contribution in [3.8, 4) is 5.75 Å². The van der Waals surface area contributed by atoms with E-state index in [1.807, 2.05) is 44.2 Å². The molecule has 3 rings (SSSR count). The van der Waals surface area contributed by atoms with Crippen molar-refractivity contribution in [1.29, 1.82) is 0 Å². The van der Waals surface area contributed by atoms with Gasteiger partial charge in [0, 0.05) is 0 Å². The summed E-state index contributed by atoms with van der Waals surface area (Å²) in [5.74, 6) is -2.67. The Hall–Kier alpha value is -4.29. The minimum absolute atomic E-state index is 0.0911. The molecule has 0 unspecified atom stereocenters. The second kappa shape index (κ2) is 14.4. The smallest absolute Gasteiger partial charge is 0.249 e. The van der Waals surface area contributed by atoms with Crippen LogP contribution in [0.5, 0.6) is 5.75 Å². The van der Waals surface area contributed by atoms with Crippen LogP contribution >= 0.6 is 0 Å². The zero-order valence-corrected chi connectivity index (χ0v) is 23.3. The lowest BCUT2D eigenvalue weighted by Crippen LogP contribution is -2.54. The molecule has 0 aromatic heterocycles. The molecule has 2 aromatic rings. The average molecular weight is 567 g/mol. The molecule has 1 aliphatic heterocycles. The van der Waals surface area contributed by atoms with Crippen molar-refractivity contribution in [1.82, 2.24) is 20.4 Å². The number of nitrogens with two attached hydrogens (primary N) is 2. The van der Waals surface area contributed by atoms with Crippen LogP contribution in [0.2, 0.25) is 0 Å². The van der Waals surface area contributed by atoms with Gasteiger partial charge in [-0.2, -0.15) is 0 Å². The van der Waals surface area contributed by atoms with E-state index in [0.29, 0.717) is 6.42 Å². The second-order valence-corrected chi connectivity index (χ2v) is 10.6. The molecule has 220 valence electrons. The minimum atomic E-state index is -0.943. The number of primary amides is 1. The number of benzene rings is 2. The molecule has 1 fully saturated rings. The summed E-state index contributed by atoms with van der Waals surface area (Å²) >= 11 is 0. The number of carbonyl (C=O) groups is 5. The van der Waals surface area contributed by atoms with E-state index in [-0.39, 0.29) is 37.7 Å². The Morgan fingerprint density at radius 1 is 0.951 bits per heavy atom. The Kier molecular flexibility index (Phi) is 11.0. The molecular weight excluding hydrogens is 528 g/mol. The SMILES string of the molecule is CC(C)C[C@H](NC(=O)[C@H](Cc1ccccc1)N1CC(=O)N(C(=O)CNC(=O)[C@@H](N)Cc2ccc(O)cc2)C1)C(N)=O. The number of nitrogens with zero attached hydrogens (tertiary/aromatic N) is 2. The van der Waals surface area contributed by atoms with Crippen LogP contribution < -0.4 is 22.1 Å². The maximum Gasteiger partial charge on any atom is 0.249 e. The highest BCUT2D eigenvalue weighted by molar-refractivity contribution is 6.00. The summed E-state index contributed by atoms with van der Waals surface area (Å²) < 4.78 is 0. The molecule has 7 N–H and O–H groups in total. The third kappa shape index (κ3) is 9.12. The van der Waals surface area contributed by atoms with E-state index in [9.17, 15) is 29.1 Å². The maximum atomic E-state index is 13.4. The Balaban J connectivity index is 1.65. The van der Waals surface area contributed by atoms with E-state index in [1.54, 1.807) is 17.0 Å². The highest BCUT2D eigenvalue weighted by Crippen LogP contribution is 2.17. The number of imide groups is 1. The summed E-state index contributed by atoms with van der Waals surface area (Å²) in [7, 11) is 0. The first-order chi connectivity index (χ1) is 19.4. The molecule has 2 aromatic carbocycles. The Morgan fingerprint density at radius 3 is 2.20 bits per heavy atom. The predicted molar refractivity (Wildman–Crippen MR) is 151 cm³/mol. The highest BCUT2D eigenvalue weighted by atomic mass is 16.3. The van der Waals surface area contributed by atoms with Gasteiger partial charge in [-0.25, -0.2) is 0 Å². The lowest BCUT2D eigenvalue weighted by molar-refractivity contribution is -0.142. The summed E-state index contributed by atoms with van der Waals surface area (Å²) in [6.45, 7) is 3.01. The third-order valence-electron chi connectivity index (χ3n) is 6.79. The zero-order valence-electron chi connectivity index (χ0n) is 23.3. The number of aromatic hydroxyl groups is 1. The number of phenols is 1. The summed E-state index contributed by atoms with van der Waals surface area (Å²) in [5.41, 5.74) is 13.1. The number of carbonyl (C=O) groups excluding carboxylic acids is 5. The minimum Gasteiger partial charge on any atom is -0.508 e. The molecule has 5 amide bonds. The molecule has 1 heterocycles. The Labute approximate surface area is 239 Å². The number of hydrogen-bond donors (Lipinski definition) is 5. The summed E-state index contributed by atoms with van der Waals surface area (Å²) in [6.07, 6.45) is 0.783.